The highest BCUT2D eigenvalue weighted by molar-refractivity contribution is 5.78. The van der Waals surface area contributed by atoms with Crippen molar-refractivity contribution >= 4 is 5.91 Å². The molecule has 0 N–H and O–H groups in total. The number of likely N-dealkylation sites (N-methyl/N-ethyl adjacent to an activating group) is 1. The number of morpholine rings is 1. The molecule has 1 amide bonds. The minimum atomic E-state index is 0.0323. The molecule has 7 heteroatoms. The first kappa shape index (κ1) is 17.6. The zero-order valence-electron chi connectivity index (χ0n) is 14.8. The Balaban J connectivity index is 1.50. The molecule has 1 fully saturated rings. The number of aryl methyl sites for hydroxylation is 1. The Morgan fingerprint density at radius 1 is 1.40 bits per heavy atom. The first-order valence-corrected chi connectivity index (χ1v) is 8.56. The highest BCUT2D eigenvalue weighted by Gasteiger charge is 2.24. The van der Waals surface area contributed by atoms with Crippen molar-refractivity contribution in [1.29, 1.82) is 0 Å². The number of ether oxygens (including phenoxy) is 1. The third-order valence-corrected chi connectivity index (χ3v) is 4.53. The van der Waals surface area contributed by atoms with E-state index in [4.69, 9.17) is 4.74 Å². The summed E-state index contributed by atoms with van der Waals surface area (Å²) in [6.07, 6.45) is 3.23. The van der Waals surface area contributed by atoms with Crippen molar-refractivity contribution in [2.45, 2.75) is 26.1 Å². The molecule has 1 aliphatic heterocycles. The van der Waals surface area contributed by atoms with E-state index in [1.165, 1.54) is 17.5 Å². The van der Waals surface area contributed by atoms with Crippen LogP contribution in [0.15, 0.2) is 36.9 Å². The van der Waals surface area contributed by atoms with Crippen LogP contribution in [0.4, 0.5) is 0 Å². The van der Waals surface area contributed by atoms with E-state index >= 15 is 0 Å². The second kappa shape index (κ2) is 8.22. The lowest BCUT2D eigenvalue weighted by Crippen LogP contribution is -2.48. The summed E-state index contributed by atoms with van der Waals surface area (Å²) < 4.78 is 7.54. The molecule has 0 bridgehead atoms. The van der Waals surface area contributed by atoms with Crippen molar-refractivity contribution < 1.29 is 9.53 Å². The van der Waals surface area contributed by atoms with Crippen LogP contribution < -0.4 is 0 Å². The topological polar surface area (TPSA) is 63.5 Å². The van der Waals surface area contributed by atoms with Gasteiger partial charge in [-0.3, -0.25) is 14.4 Å². The highest BCUT2D eigenvalue weighted by atomic mass is 16.5. The number of carbonyl (C=O) groups is 1. The monoisotopic (exact) mass is 343 g/mol. The third kappa shape index (κ3) is 4.87. The van der Waals surface area contributed by atoms with Crippen molar-refractivity contribution in [1.82, 2.24) is 24.6 Å². The number of aromatic nitrogens is 3. The predicted molar refractivity (Wildman–Crippen MR) is 93.9 cm³/mol. The summed E-state index contributed by atoms with van der Waals surface area (Å²) >= 11 is 0. The number of carbonyl (C=O) groups excluding carboxylic acids is 1. The predicted octanol–water partition coefficient (Wildman–Crippen LogP) is 0.946. The number of benzene rings is 1. The maximum Gasteiger partial charge on any atom is 0.236 e. The number of hydrogen-bond acceptors (Lipinski definition) is 5. The van der Waals surface area contributed by atoms with Gasteiger partial charge in [0.1, 0.15) is 12.7 Å². The third-order valence-electron chi connectivity index (χ3n) is 4.53. The lowest BCUT2D eigenvalue weighted by molar-refractivity contribution is -0.133. The molecule has 0 spiro atoms. The molecule has 7 nitrogen and oxygen atoms in total. The SMILES string of the molecule is Cc1ccccc1CN(C)C(=O)CN1CCO[C@H](Cn2cncn2)C1. The Morgan fingerprint density at radius 3 is 3.00 bits per heavy atom. The lowest BCUT2D eigenvalue weighted by atomic mass is 10.1. The quantitative estimate of drug-likeness (QED) is 0.781. The molecule has 0 radical (unpaired) electrons. The van der Waals surface area contributed by atoms with Crippen molar-refractivity contribution in [3.8, 4) is 0 Å². The van der Waals surface area contributed by atoms with Gasteiger partial charge in [0.2, 0.25) is 5.91 Å². The second-order valence-electron chi connectivity index (χ2n) is 6.52. The number of hydrogen-bond donors (Lipinski definition) is 0. The average molecular weight is 343 g/mol. The van der Waals surface area contributed by atoms with Gasteiger partial charge in [-0.05, 0) is 18.1 Å². The van der Waals surface area contributed by atoms with Crippen LogP contribution in [-0.4, -0.2) is 69.9 Å². The van der Waals surface area contributed by atoms with Crippen LogP contribution in [0.2, 0.25) is 0 Å². The van der Waals surface area contributed by atoms with Gasteiger partial charge in [0, 0.05) is 26.7 Å². The van der Waals surface area contributed by atoms with Gasteiger partial charge >= 0.3 is 0 Å². The normalized spacial score (nSPS) is 18.2. The summed E-state index contributed by atoms with van der Waals surface area (Å²) in [5.41, 5.74) is 2.39. The van der Waals surface area contributed by atoms with Gasteiger partial charge < -0.3 is 9.64 Å². The summed E-state index contributed by atoms with van der Waals surface area (Å²) in [4.78, 5) is 20.5. The van der Waals surface area contributed by atoms with Crippen molar-refractivity contribution in [2.24, 2.45) is 0 Å². The fourth-order valence-corrected chi connectivity index (χ4v) is 3.01. The Morgan fingerprint density at radius 2 is 2.24 bits per heavy atom. The Labute approximate surface area is 148 Å². The molecular formula is C18H25N5O2. The van der Waals surface area contributed by atoms with Gasteiger partial charge in [-0.2, -0.15) is 5.10 Å². The molecule has 0 unspecified atom stereocenters. The molecule has 2 heterocycles. The highest BCUT2D eigenvalue weighted by Crippen LogP contribution is 2.11. The average Bonchev–Trinajstić information content (AvgIpc) is 3.10. The van der Waals surface area contributed by atoms with Gasteiger partial charge in [-0.15, -0.1) is 0 Å². The fraction of sp³-hybridized carbons (Fsp3) is 0.500. The minimum absolute atomic E-state index is 0.0323. The molecule has 1 atom stereocenters. The Kier molecular flexibility index (Phi) is 5.78. The minimum Gasteiger partial charge on any atom is -0.374 e. The van der Waals surface area contributed by atoms with Crippen LogP contribution >= 0.6 is 0 Å². The van der Waals surface area contributed by atoms with Crippen LogP contribution in [0.5, 0.6) is 0 Å². The summed E-state index contributed by atoms with van der Waals surface area (Å²) in [5.74, 6) is 0.129. The maximum atomic E-state index is 12.6. The lowest BCUT2D eigenvalue weighted by Gasteiger charge is -2.33. The Hall–Kier alpha value is -2.25. The summed E-state index contributed by atoms with van der Waals surface area (Å²) in [5, 5.41) is 4.11. The van der Waals surface area contributed by atoms with E-state index in [0.717, 1.165) is 13.1 Å². The summed E-state index contributed by atoms with van der Waals surface area (Å²) in [6, 6.07) is 8.17. The molecule has 0 saturated carbocycles. The van der Waals surface area contributed by atoms with E-state index in [0.29, 0.717) is 26.2 Å². The smallest absolute Gasteiger partial charge is 0.236 e. The van der Waals surface area contributed by atoms with Crippen LogP contribution in [0.25, 0.3) is 0 Å². The molecule has 0 aliphatic carbocycles. The summed E-state index contributed by atoms with van der Waals surface area (Å²) in [7, 11) is 1.86. The molecular weight excluding hydrogens is 318 g/mol. The van der Waals surface area contributed by atoms with E-state index in [9.17, 15) is 4.79 Å². The molecule has 1 aromatic carbocycles. The first-order valence-electron chi connectivity index (χ1n) is 8.56. The van der Waals surface area contributed by atoms with Crippen molar-refractivity contribution in [2.75, 3.05) is 33.3 Å². The maximum absolute atomic E-state index is 12.6. The van der Waals surface area contributed by atoms with Crippen molar-refractivity contribution in [3.63, 3.8) is 0 Å². The molecule has 2 aromatic rings. The van der Waals surface area contributed by atoms with E-state index in [2.05, 4.69) is 34.0 Å². The van der Waals surface area contributed by atoms with E-state index < -0.39 is 0 Å². The van der Waals surface area contributed by atoms with Gasteiger partial charge in [-0.1, -0.05) is 24.3 Å². The summed E-state index contributed by atoms with van der Waals surface area (Å²) in [6.45, 7) is 5.92. The molecule has 1 aromatic heterocycles. The number of nitrogens with zero attached hydrogens (tertiary/aromatic N) is 5. The molecule has 1 aliphatic rings. The molecule has 25 heavy (non-hydrogen) atoms. The van der Waals surface area contributed by atoms with Gasteiger partial charge in [0.25, 0.3) is 0 Å². The number of amides is 1. The van der Waals surface area contributed by atoms with Crippen LogP contribution in [-0.2, 0) is 22.6 Å². The van der Waals surface area contributed by atoms with Crippen molar-refractivity contribution in [3.05, 3.63) is 48.0 Å². The van der Waals surface area contributed by atoms with E-state index in [1.54, 1.807) is 15.9 Å². The van der Waals surface area contributed by atoms with Crippen LogP contribution in [0, 0.1) is 6.92 Å². The van der Waals surface area contributed by atoms with Gasteiger partial charge in [0.05, 0.1) is 25.8 Å². The standard InChI is InChI=1S/C18H25N5O2/c1-15-5-3-4-6-16(15)9-21(2)18(24)12-22-7-8-25-17(10-22)11-23-14-19-13-20-23/h3-6,13-14,17H,7-12H2,1-2H3/t17-/m0/s1. The van der Waals surface area contributed by atoms with Gasteiger partial charge in [-0.25, -0.2) is 4.98 Å². The zero-order chi connectivity index (χ0) is 17.6. The first-order chi connectivity index (χ1) is 12.1. The molecule has 1 saturated heterocycles. The van der Waals surface area contributed by atoms with Crippen LogP contribution in [0.1, 0.15) is 11.1 Å². The number of rotatable bonds is 6. The van der Waals surface area contributed by atoms with E-state index in [1.807, 2.05) is 19.2 Å². The zero-order valence-corrected chi connectivity index (χ0v) is 14.8. The Bertz CT molecular complexity index is 689. The molecule has 3 rings (SSSR count). The molecule has 134 valence electrons. The largest absolute Gasteiger partial charge is 0.374 e. The van der Waals surface area contributed by atoms with Gasteiger partial charge in [0.15, 0.2) is 0 Å². The fourth-order valence-electron chi connectivity index (χ4n) is 3.01. The van der Waals surface area contributed by atoms with Crippen LogP contribution in [0.3, 0.4) is 0 Å². The van der Waals surface area contributed by atoms with E-state index in [-0.39, 0.29) is 12.0 Å². The second-order valence-corrected chi connectivity index (χ2v) is 6.52.